The lowest BCUT2D eigenvalue weighted by Gasteiger charge is -2.13. The molecule has 0 aliphatic carbocycles. The fourth-order valence-corrected chi connectivity index (χ4v) is 2.37. The van der Waals surface area contributed by atoms with Crippen LogP contribution in [0.1, 0.15) is 18.1 Å². The Balaban J connectivity index is 1.55. The number of hydrogen-bond acceptors (Lipinski definition) is 5. The number of benzene rings is 1. The number of nitrogens with one attached hydrogen (secondary N) is 4. The molecule has 0 saturated carbocycles. The zero-order valence-electron chi connectivity index (χ0n) is 10.6. The molecule has 1 amide bonds. The molecule has 0 spiro atoms. The normalized spacial score (nSPS) is 27.6. The van der Waals surface area contributed by atoms with Crippen LogP contribution in [0.5, 0.6) is 0 Å². The molecule has 2 heterocycles. The molecule has 1 aromatic rings. The second-order valence-corrected chi connectivity index (χ2v) is 4.89. The Morgan fingerprint density at radius 1 is 1.21 bits per heavy atom. The van der Waals surface area contributed by atoms with Gasteiger partial charge in [-0.15, -0.1) is 0 Å². The van der Waals surface area contributed by atoms with Crippen LogP contribution in [0.4, 0.5) is 0 Å². The van der Waals surface area contributed by atoms with Crippen LogP contribution in [0.3, 0.4) is 0 Å². The van der Waals surface area contributed by atoms with Crippen LogP contribution < -0.4 is 21.6 Å². The Morgan fingerprint density at radius 3 is 2.68 bits per heavy atom. The van der Waals surface area contributed by atoms with Crippen molar-refractivity contribution in [2.45, 2.75) is 24.6 Å². The van der Waals surface area contributed by atoms with E-state index in [1.54, 1.807) is 0 Å². The van der Waals surface area contributed by atoms with E-state index < -0.39 is 0 Å². The fraction of sp³-hybridized carbons (Fsp3) is 0.462. The average Bonchev–Trinajstić information content (AvgIpc) is 3.10. The Hall–Kier alpha value is -1.47. The zero-order valence-corrected chi connectivity index (χ0v) is 10.6. The van der Waals surface area contributed by atoms with Crippen molar-refractivity contribution in [3.05, 3.63) is 35.9 Å². The lowest BCUT2D eigenvalue weighted by atomic mass is 10.0. The van der Waals surface area contributed by atoms with E-state index in [0.717, 1.165) is 18.7 Å². The predicted molar refractivity (Wildman–Crippen MR) is 69.7 cm³/mol. The molecular formula is C13H18N4O2. The molecule has 2 unspecified atom stereocenters. The molecule has 0 bridgehead atoms. The van der Waals surface area contributed by atoms with Crippen molar-refractivity contribution in [3.8, 4) is 0 Å². The second kappa shape index (κ2) is 5.66. The summed E-state index contributed by atoms with van der Waals surface area (Å²) in [4.78, 5) is 17.6. The number of amides is 1. The number of hydroxylamine groups is 1. The average molecular weight is 262 g/mol. The van der Waals surface area contributed by atoms with E-state index in [4.69, 9.17) is 4.84 Å². The smallest absolute Gasteiger partial charge is 0.239 e. The van der Waals surface area contributed by atoms with Gasteiger partial charge in [-0.1, -0.05) is 30.3 Å². The van der Waals surface area contributed by atoms with Gasteiger partial charge in [0.25, 0.3) is 0 Å². The van der Waals surface area contributed by atoms with Gasteiger partial charge < -0.3 is 5.32 Å². The van der Waals surface area contributed by atoms with Gasteiger partial charge in [0.2, 0.25) is 5.91 Å². The van der Waals surface area contributed by atoms with Gasteiger partial charge in [-0.2, -0.15) is 5.48 Å². The van der Waals surface area contributed by atoms with Crippen LogP contribution >= 0.6 is 0 Å². The van der Waals surface area contributed by atoms with Crippen LogP contribution in [-0.2, 0) is 9.63 Å². The molecule has 102 valence electrons. The molecule has 0 aromatic heterocycles. The number of carbonyl (C=O) groups excluding carboxylic acids is 1. The van der Waals surface area contributed by atoms with Crippen molar-refractivity contribution >= 4 is 5.91 Å². The van der Waals surface area contributed by atoms with Crippen molar-refractivity contribution in [1.29, 1.82) is 0 Å². The summed E-state index contributed by atoms with van der Waals surface area (Å²) >= 11 is 0. The van der Waals surface area contributed by atoms with Crippen molar-refractivity contribution in [1.82, 2.24) is 21.6 Å². The maximum absolute atomic E-state index is 12.1. The molecule has 6 nitrogen and oxygen atoms in total. The van der Waals surface area contributed by atoms with Crippen molar-refractivity contribution in [2.24, 2.45) is 0 Å². The highest BCUT2D eigenvalue weighted by Crippen LogP contribution is 2.26. The fourth-order valence-electron chi connectivity index (χ4n) is 2.37. The minimum atomic E-state index is -0.286. The van der Waals surface area contributed by atoms with E-state index in [0.29, 0.717) is 6.42 Å². The van der Waals surface area contributed by atoms with Crippen LogP contribution in [0, 0.1) is 0 Å². The summed E-state index contributed by atoms with van der Waals surface area (Å²) in [6.07, 6.45) is 0.598. The first-order valence-electron chi connectivity index (χ1n) is 6.55. The summed E-state index contributed by atoms with van der Waals surface area (Å²) in [5.41, 5.74) is 9.89. The topological polar surface area (TPSA) is 74.4 Å². The number of hydrazine groups is 1. The second-order valence-electron chi connectivity index (χ2n) is 4.89. The third kappa shape index (κ3) is 2.93. The Bertz CT molecular complexity index is 434. The largest absolute Gasteiger partial charge is 0.349 e. The lowest BCUT2D eigenvalue weighted by molar-refractivity contribution is -0.124. The van der Waals surface area contributed by atoms with Crippen LogP contribution in [-0.4, -0.2) is 31.1 Å². The predicted octanol–water partition coefficient (Wildman–Crippen LogP) is -0.386. The molecule has 3 rings (SSSR count). The van der Waals surface area contributed by atoms with E-state index in [1.807, 2.05) is 30.3 Å². The highest BCUT2D eigenvalue weighted by molar-refractivity contribution is 5.82. The van der Waals surface area contributed by atoms with Gasteiger partial charge in [0.15, 0.2) is 0 Å². The van der Waals surface area contributed by atoms with Gasteiger partial charge in [-0.25, -0.2) is 0 Å². The molecule has 1 aromatic carbocycles. The van der Waals surface area contributed by atoms with E-state index >= 15 is 0 Å². The molecule has 2 atom stereocenters. The summed E-state index contributed by atoms with van der Waals surface area (Å²) < 4.78 is 0. The SMILES string of the molecule is O=C(NC1CNNC1)C1CC(c2ccccc2)ON1. The van der Waals surface area contributed by atoms with Crippen molar-refractivity contribution in [3.63, 3.8) is 0 Å². The van der Waals surface area contributed by atoms with E-state index in [-0.39, 0.29) is 24.1 Å². The van der Waals surface area contributed by atoms with Crippen molar-refractivity contribution < 1.29 is 9.63 Å². The zero-order chi connectivity index (χ0) is 13.1. The van der Waals surface area contributed by atoms with Gasteiger partial charge in [-0.05, 0) is 5.56 Å². The third-order valence-electron chi connectivity index (χ3n) is 3.46. The standard InChI is InChI=1S/C13H18N4O2/c18-13(16-10-7-14-15-8-10)11-6-12(19-17-11)9-4-2-1-3-5-9/h1-5,10-12,14-15,17H,6-8H2,(H,16,18). The van der Waals surface area contributed by atoms with E-state index in [1.165, 1.54) is 0 Å². The first kappa shape index (κ1) is 12.6. The molecule has 2 saturated heterocycles. The van der Waals surface area contributed by atoms with E-state index in [2.05, 4.69) is 21.6 Å². The Kier molecular flexibility index (Phi) is 3.74. The Labute approximate surface area is 111 Å². The highest BCUT2D eigenvalue weighted by atomic mass is 16.7. The molecule has 6 heteroatoms. The minimum Gasteiger partial charge on any atom is -0.349 e. The molecule has 0 radical (unpaired) electrons. The monoisotopic (exact) mass is 262 g/mol. The number of carbonyl (C=O) groups is 1. The summed E-state index contributed by atoms with van der Waals surface area (Å²) in [7, 11) is 0. The summed E-state index contributed by atoms with van der Waals surface area (Å²) in [6.45, 7) is 1.50. The molecule has 4 N–H and O–H groups in total. The molecule has 19 heavy (non-hydrogen) atoms. The first-order chi connectivity index (χ1) is 9.33. The summed E-state index contributed by atoms with van der Waals surface area (Å²) in [5.74, 6) is -0.00562. The number of rotatable bonds is 3. The van der Waals surface area contributed by atoms with Gasteiger partial charge in [0.05, 0.1) is 6.04 Å². The van der Waals surface area contributed by atoms with Gasteiger partial charge in [0, 0.05) is 19.5 Å². The molecular weight excluding hydrogens is 244 g/mol. The summed E-state index contributed by atoms with van der Waals surface area (Å²) in [6, 6.07) is 9.80. The number of hydrogen-bond donors (Lipinski definition) is 4. The Morgan fingerprint density at radius 2 is 1.95 bits per heavy atom. The molecule has 2 aliphatic heterocycles. The van der Waals surface area contributed by atoms with Gasteiger partial charge in [-0.3, -0.25) is 20.5 Å². The highest BCUT2D eigenvalue weighted by Gasteiger charge is 2.32. The quantitative estimate of drug-likeness (QED) is 0.597. The third-order valence-corrected chi connectivity index (χ3v) is 3.46. The summed E-state index contributed by atoms with van der Waals surface area (Å²) in [5, 5.41) is 2.99. The van der Waals surface area contributed by atoms with Crippen molar-refractivity contribution in [2.75, 3.05) is 13.1 Å². The first-order valence-corrected chi connectivity index (χ1v) is 6.55. The lowest BCUT2D eigenvalue weighted by Crippen LogP contribution is -2.46. The van der Waals surface area contributed by atoms with Crippen LogP contribution in [0.15, 0.2) is 30.3 Å². The van der Waals surface area contributed by atoms with Gasteiger partial charge >= 0.3 is 0 Å². The van der Waals surface area contributed by atoms with Gasteiger partial charge in [0.1, 0.15) is 12.1 Å². The minimum absolute atomic E-state index is 0.00562. The van der Waals surface area contributed by atoms with E-state index in [9.17, 15) is 4.79 Å². The van der Waals surface area contributed by atoms with Crippen LogP contribution in [0.25, 0.3) is 0 Å². The maximum atomic E-state index is 12.1. The molecule has 2 fully saturated rings. The maximum Gasteiger partial charge on any atom is 0.239 e. The van der Waals surface area contributed by atoms with Crippen LogP contribution in [0.2, 0.25) is 0 Å². The molecule has 2 aliphatic rings.